The Morgan fingerprint density at radius 2 is 1.89 bits per heavy atom. The number of hydrogen-bond donors (Lipinski definition) is 2. The van der Waals surface area contributed by atoms with Crippen molar-refractivity contribution in [3.63, 3.8) is 0 Å². The Hall–Kier alpha value is -2.63. The van der Waals surface area contributed by atoms with Gasteiger partial charge in [0.25, 0.3) is 5.69 Å². The van der Waals surface area contributed by atoms with Crippen LogP contribution >= 0.6 is 0 Å². The van der Waals surface area contributed by atoms with Crippen LogP contribution in [0.25, 0.3) is 0 Å². The third-order valence-electron chi connectivity index (χ3n) is 2.59. The molecular formula is C13H11FN2O3. The molecule has 0 aliphatic carbocycles. The zero-order valence-electron chi connectivity index (χ0n) is 9.84. The second-order valence-corrected chi connectivity index (χ2v) is 3.94. The zero-order valence-corrected chi connectivity index (χ0v) is 9.84. The van der Waals surface area contributed by atoms with Gasteiger partial charge in [0, 0.05) is 24.4 Å². The van der Waals surface area contributed by atoms with Crippen molar-refractivity contribution in [1.82, 2.24) is 0 Å². The summed E-state index contributed by atoms with van der Waals surface area (Å²) >= 11 is 0. The third-order valence-corrected chi connectivity index (χ3v) is 2.59. The Kier molecular flexibility index (Phi) is 3.61. The van der Waals surface area contributed by atoms with Gasteiger partial charge < -0.3 is 10.4 Å². The zero-order chi connectivity index (χ0) is 13.8. The largest absolute Gasteiger partial charge is 0.505 e. The van der Waals surface area contributed by atoms with Gasteiger partial charge in [-0.1, -0.05) is 6.07 Å². The number of phenols is 1. The second kappa shape index (κ2) is 5.34. The lowest BCUT2D eigenvalue weighted by atomic mass is 10.2. The number of nitrogens with zero attached hydrogens (tertiary/aromatic N) is 1. The van der Waals surface area contributed by atoms with E-state index in [1.165, 1.54) is 24.3 Å². The molecule has 0 bridgehead atoms. The number of rotatable bonds is 4. The number of hydrogen-bond acceptors (Lipinski definition) is 4. The van der Waals surface area contributed by atoms with E-state index in [2.05, 4.69) is 5.32 Å². The first-order valence-corrected chi connectivity index (χ1v) is 5.52. The predicted octanol–water partition coefficient (Wildman–Crippen LogP) is 3.05. The summed E-state index contributed by atoms with van der Waals surface area (Å²) in [5, 5.41) is 22.5. The fraction of sp³-hybridized carbons (Fsp3) is 0.0769. The molecule has 98 valence electrons. The van der Waals surface area contributed by atoms with Crippen molar-refractivity contribution in [3.05, 3.63) is 64.0 Å². The van der Waals surface area contributed by atoms with E-state index in [0.29, 0.717) is 17.8 Å². The molecular weight excluding hydrogens is 251 g/mol. The van der Waals surface area contributed by atoms with Crippen LogP contribution in [0.2, 0.25) is 0 Å². The Morgan fingerprint density at radius 3 is 2.47 bits per heavy atom. The number of nitro groups is 1. The first-order chi connectivity index (χ1) is 9.06. The number of nitrogens with one attached hydrogen (secondary N) is 1. The predicted molar refractivity (Wildman–Crippen MR) is 68.5 cm³/mol. The first-order valence-electron chi connectivity index (χ1n) is 5.52. The van der Waals surface area contributed by atoms with Crippen molar-refractivity contribution in [3.8, 4) is 5.75 Å². The van der Waals surface area contributed by atoms with Crippen LogP contribution in [0.3, 0.4) is 0 Å². The number of halogens is 1. The van der Waals surface area contributed by atoms with E-state index >= 15 is 0 Å². The molecule has 0 saturated heterocycles. The molecule has 2 N–H and O–H groups in total. The summed E-state index contributed by atoms with van der Waals surface area (Å²) in [7, 11) is 0. The highest BCUT2D eigenvalue weighted by Gasteiger charge is 2.04. The number of phenolic OH excluding ortho intramolecular Hbond substituents is 1. The summed E-state index contributed by atoms with van der Waals surface area (Å²) < 4.78 is 13.1. The highest BCUT2D eigenvalue weighted by Crippen LogP contribution is 2.19. The molecule has 2 aromatic rings. The van der Waals surface area contributed by atoms with Crippen LogP contribution in [-0.2, 0) is 6.54 Å². The molecule has 2 rings (SSSR count). The Bertz CT molecular complexity index is 599. The smallest absolute Gasteiger partial charge is 0.269 e. The molecule has 0 unspecified atom stereocenters. The molecule has 0 spiro atoms. The van der Waals surface area contributed by atoms with Gasteiger partial charge in [0.05, 0.1) is 4.92 Å². The third kappa shape index (κ3) is 3.19. The van der Waals surface area contributed by atoms with Gasteiger partial charge in [-0.2, -0.15) is 0 Å². The average molecular weight is 262 g/mol. The SMILES string of the molecule is O=[N+]([O-])c1ccc(NCc2ccc(O)c(F)c2)cc1. The quantitative estimate of drug-likeness (QED) is 0.656. The van der Waals surface area contributed by atoms with Gasteiger partial charge in [0.15, 0.2) is 11.6 Å². The van der Waals surface area contributed by atoms with E-state index < -0.39 is 10.7 Å². The minimum Gasteiger partial charge on any atom is -0.505 e. The highest BCUT2D eigenvalue weighted by molar-refractivity contribution is 5.49. The molecule has 0 aliphatic rings. The van der Waals surface area contributed by atoms with Gasteiger partial charge in [-0.3, -0.25) is 10.1 Å². The van der Waals surface area contributed by atoms with Crippen LogP contribution < -0.4 is 5.32 Å². The van der Waals surface area contributed by atoms with Crippen molar-refractivity contribution < 1.29 is 14.4 Å². The van der Waals surface area contributed by atoms with Gasteiger partial charge in [0.2, 0.25) is 0 Å². The molecule has 0 aromatic heterocycles. The summed E-state index contributed by atoms with van der Waals surface area (Å²) in [5.41, 5.74) is 1.37. The topological polar surface area (TPSA) is 75.4 Å². The minimum atomic E-state index is -0.678. The number of non-ortho nitro benzene ring substituents is 1. The fourth-order valence-electron chi connectivity index (χ4n) is 1.57. The van der Waals surface area contributed by atoms with Crippen LogP contribution in [-0.4, -0.2) is 10.0 Å². The Balaban J connectivity index is 2.01. The first kappa shape index (κ1) is 12.8. The van der Waals surface area contributed by atoms with Crippen molar-refractivity contribution in [2.45, 2.75) is 6.54 Å². The summed E-state index contributed by atoms with van der Waals surface area (Å²) in [6.07, 6.45) is 0. The lowest BCUT2D eigenvalue weighted by Gasteiger charge is -2.06. The molecule has 6 heteroatoms. The van der Waals surface area contributed by atoms with E-state index in [-0.39, 0.29) is 11.4 Å². The fourth-order valence-corrected chi connectivity index (χ4v) is 1.57. The normalized spacial score (nSPS) is 10.2. The average Bonchev–Trinajstić information content (AvgIpc) is 2.40. The van der Waals surface area contributed by atoms with Gasteiger partial charge in [-0.15, -0.1) is 0 Å². The molecule has 0 atom stereocenters. The summed E-state index contributed by atoms with van der Waals surface area (Å²) in [5.74, 6) is -1.07. The molecule has 0 heterocycles. The number of benzene rings is 2. The maximum atomic E-state index is 13.1. The number of anilines is 1. The van der Waals surface area contributed by atoms with Crippen molar-refractivity contribution in [2.24, 2.45) is 0 Å². The van der Waals surface area contributed by atoms with Crippen molar-refractivity contribution >= 4 is 11.4 Å². The molecule has 0 radical (unpaired) electrons. The second-order valence-electron chi connectivity index (χ2n) is 3.94. The lowest BCUT2D eigenvalue weighted by molar-refractivity contribution is -0.384. The van der Waals surface area contributed by atoms with Gasteiger partial charge in [-0.05, 0) is 29.8 Å². The molecule has 0 fully saturated rings. The van der Waals surface area contributed by atoms with Crippen LogP contribution in [0.1, 0.15) is 5.56 Å². The molecule has 2 aromatic carbocycles. The monoisotopic (exact) mass is 262 g/mol. The summed E-state index contributed by atoms with van der Waals surface area (Å²) in [6, 6.07) is 10.0. The molecule has 5 nitrogen and oxygen atoms in total. The molecule has 0 amide bonds. The Labute approximate surface area is 108 Å². The molecule has 0 saturated carbocycles. The van der Waals surface area contributed by atoms with Crippen molar-refractivity contribution in [2.75, 3.05) is 5.32 Å². The van der Waals surface area contributed by atoms with Gasteiger partial charge >= 0.3 is 0 Å². The van der Waals surface area contributed by atoms with Crippen LogP contribution in [0.5, 0.6) is 5.75 Å². The number of aromatic hydroxyl groups is 1. The summed E-state index contributed by atoms with van der Waals surface area (Å²) in [4.78, 5) is 10.0. The molecule has 19 heavy (non-hydrogen) atoms. The Morgan fingerprint density at radius 1 is 1.21 bits per heavy atom. The van der Waals surface area contributed by atoms with Crippen LogP contribution in [0.4, 0.5) is 15.8 Å². The van der Waals surface area contributed by atoms with E-state index in [4.69, 9.17) is 5.11 Å². The molecule has 0 aliphatic heterocycles. The number of nitro benzene ring substituents is 1. The lowest BCUT2D eigenvalue weighted by Crippen LogP contribution is -1.99. The van der Waals surface area contributed by atoms with Crippen molar-refractivity contribution in [1.29, 1.82) is 0 Å². The van der Waals surface area contributed by atoms with E-state index in [1.807, 2.05) is 0 Å². The van der Waals surface area contributed by atoms with Gasteiger partial charge in [-0.25, -0.2) is 4.39 Å². The maximum absolute atomic E-state index is 13.1. The van der Waals surface area contributed by atoms with E-state index in [1.54, 1.807) is 18.2 Å². The van der Waals surface area contributed by atoms with Crippen LogP contribution in [0, 0.1) is 15.9 Å². The van der Waals surface area contributed by atoms with Crippen LogP contribution in [0.15, 0.2) is 42.5 Å². The highest BCUT2D eigenvalue weighted by atomic mass is 19.1. The summed E-state index contributed by atoms with van der Waals surface area (Å²) in [6.45, 7) is 0.356. The standard InChI is InChI=1S/C13H11FN2O3/c14-12-7-9(1-6-13(12)17)8-15-10-2-4-11(5-3-10)16(18)19/h1-7,15,17H,8H2. The maximum Gasteiger partial charge on any atom is 0.269 e. The van der Waals surface area contributed by atoms with E-state index in [0.717, 1.165) is 0 Å². The minimum absolute atomic E-state index is 0.0150. The van der Waals surface area contributed by atoms with Gasteiger partial charge in [0.1, 0.15) is 0 Å². The van der Waals surface area contributed by atoms with E-state index in [9.17, 15) is 14.5 Å².